The maximum atomic E-state index is 11.2. The van der Waals surface area contributed by atoms with Crippen LogP contribution >= 0.6 is 23.1 Å². The zero-order chi connectivity index (χ0) is 12.3. The Balaban J connectivity index is 2.11. The molecule has 88 valence electrons. The van der Waals surface area contributed by atoms with Crippen molar-refractivity contribution in [3.63, 3.8) is 0 Å². The maximum Gasteiger partial charge on any atom is 0.262 e. The number of nitro groups is 1. The van der Waals surface area contributed by atoms with Crippen LogP contribution in [-0.4, -0.2) is 15.1 Å². The van der Waals surface area contributed by atoms with Gasteiger partial charge in [-0.25, -0.2) is 0 Å². The number of hydrogen-bond acceptors (Lipinski definition) is 7. The van der Waals surface area contributed by atoms with Gasteiger partial charge >= 0.3 is 0 Å². The Kier molecular flexibility index (Phi) is 3.55. The van der Waals surface area contributed by atoms with Gasteiger partial charge in [-0.1, -0.05) is 35.2 Å². The molecule has 1 aromatic heterocycles. The quantitative estimate of drug-likeness (QED) is 0.477. The van der Waals surface area contributed by atoms with E-state index in [4.69, 9.17) is 0 Å². The van der Waals surface area contributed by atoms with E-state index >= 15 is 0 Å². The van der Waals surface area contributed by atoms with Crippen LogP contribution in [0.15, 0.2) is 28.0 Å². The topological polar surface area (TPSA) is 92.0 Å². The SMILES string of the molecule is O=[N+]([O-])c1cc(CSc2nncs2)ccc1[O-]. The lowest BCUT2D eigenvalue weighted by Gasteiger charge is -2.07. The third-order valence-corrected chi connectivity index (χ3v) is 3.85. The Morgan fingerprint density at radius 3 is 2.94 bits per heavy atom. The molecule has 0 saturated heterocycles. The van der Waals surface area contributed by atoms with Crippen molar-refractivity contribution in [3.05, 3.63) is 39.4 Å². The van der Waals surface area contributed by atoms with Crippen molar-refractivity contribution in [1.82, 2.24) is 10.2 Å². The molecule has 0 aliphatic heterocycles. The Hall–Kier alpha value is -1.67. The monoisotopic (exact) mass is 268 g/mol. The van der Waals surface area contributed by atoms with Gasteiger partial charge in [0.15, 0.2) is 4.34 Å². The van der Waals surface area contributed by atoms with E-state index in [1.807, 2.05) is 0 Å². The smallest absolute Gasteiger partial charge is 0.262 e. The van der Waals surface area contributed by atoms with Gasteiger partial charge in [0.2, 0.25) is 0 Å². The standard InChI is InChI=1S/C9H7N3O3S2/c13-8-2-1-6(3-7(8)12(14)15)4-16-9-11-10-5-17-9/h1-3,5,13H,4H2/p-1. The predicted molar refractivity (Wildman–Crippen MR) is 62.0 cm³/mol. The van der Waals surface area contributed by atoms with E-state index in [9.17, 15) is 15.2 Å². The number of hydrogen-bond donors (Lipinski definition) is 0. The zero-order valence-corrected chi connectivity index (χ0v) is 10.0. The second kappa shape index (κ2) is 5.11. The van der Waals surface area contributed by atoms with Gasteiger partial charge in [0, 0.05) is 11.8 Å². The summed E-state index contributed by atoms with van der Waals surface area (Å²) >= 11 is 2.83. The van der Waals surface area contributed by atoms with Crippen molar-refractivity contribution in [3.8, 4) is 5.75 Å². The molecule has 2 aromatic rings. The summed E-state index contributed by atoms with van der Waals surface area (Å²) in [4.78, 5) is 9.92. The lowest BCUT2D eigenvalue weighted by atomic mass is 10.2. The van der Waals surface area contributed by atoms with Crippen LogP contribution in [0.2, 0.25) is 0 Å². The van der Waals surface area contributed by atoms with E-state index in [1.165, 1.54) is 35.2 Å². The minimum absolute atomic E-state index is 0.389. The van der Waals surface area contributed by atoms with Gasteiger partial charge < -0.3 is 5.11 Å². The van der Waals surface area contributed by atoms with Crippen molar-refractivity contribution in [2.75, 3.05) is 0 Å². The summed E-state index contributed by atoms with van der Waals surface area (Å²) in [5.74, 6) is -0.0456. The number of rotatable bonds is 4. The van der Waals surface area contributed by atoms with Gasteiger partial charge in [0.05, 0.1) is 4.92 Å². The first-order valence-electron chi connectivity index (χ1n) is 4.50. The fraction of sp³-hybridized carbons (Fsp3) is 0.111. The summed E-state index contributed by atoms with van der Waals surface area (Å²) in [6, 6.07) is 4.11. The van der Waals surface area contributed by atoms with Gasteiger partial charge in [0.1, 0.15) is 5.51 Å². The van der Waals surface area contributed by atoms with E-state index < -0.39 is 10.7 Å². The van der Waals surface area contributed by atoms with E-state index in [-0.39, 0.29) is 5.69 Å². The summed E-state index contributed by atoms with van der Waals surface area (Å²) in [5.41, 5.74) is 1.95. The summed E-state index contributed by atoms with van der Waals surface area (Å²) in [6.07, 6.45) is 0. The highest BCUT2D eigenvalue weighted by atomic mass is 32.2. The largest absolute Gasteiger partial charge is 0.868 e. The van der Waals surface area contributed by atoms with Crippen LogP contribution in [0.5, 0.6) is 5.75 Å². The summed E-state index contributed by atoms with van der Waals surface area (Å²) in [5, 5.41) is 29.3. The molecule has 0 radical (unpaired) electrons. The average Bonchev–Trinajstić information content (AvgIpc) is 2.80. The first-order valence-corrected chi connectivity index (χ1v) is 6.36. The second-order valence-corrected chi connectivity index (χ2v) is 5.11. The van der Waals surface area contributed by atoms with Gasteiger partial charge in [-0.05, 0) is 11.3 Å². The van der Waals surface area contributed by atoms with Crippen LogP contribution in [0, 0.1) is 10.1 Å². The molecule has 0 unspecified atom stereocenters. The molecule has 8 heteroatoms. The fourth-order valence-electron chi connectivity index (χ4n) is 1.17. The minimum Gasteiger partial charge on any atom is -0.868 e. The Labute approximate surface area is 104 Å². The predicted octanol–water partition coefficient (Wildman–Crippen LogP) is 1.81. The third kappa shape index (κ3) is 2.92. The van der Waals surface area contributed by atoms with E-state index in [1.54, 1.807) is 11.6 Å². The number of nitrogens with zero attached hydrogens (tertiary/aromatic N) is 3. The molecule has 2 rings (SSSR count). The highest BCUT2D eigenvalue weighted by Gasteiger charge is 2.08. The molecule has 17 heavy (non-hydrogen) atoms. The Bertz CT molecular complexity index is 530. The zero-order valence-electron chi connectivity index (χ0n) is 8.40. The lowest BCUT2D eigenvalue weighted by molar-refractivity contribution is -0.398. The Morgan fingerprint density at radius 2 is 2.29 bits per heavy atom. The molecule has 0 atom stereocenters. The van der Waals surface area contributed by atoms with Crippen LogP contribution in [0.1, 0.15) is 5.56 Å². The van der Waals surface area contributed by atoms with Crippen LogP contribution in [0.25, 0.3) is 0 Å². The van der Waals surface area contributed by atoms with Crippen molar-refractivity contribution in [2.24, 2.45) is 0 Å². The summed E-state index contributed by atoms with van der Waals surface area (Å²) in [6.45, 7) is 0. The summed E-state index contributed by atoms with van der Waals surface area (Å²) < 4.78 is 0.791. The van der Waals surface area contributed by atoms with Crippen LogP contribution in [-0.2, 0) is 5.75 Å². The molecule has 0 aliphatic rings. The number of benzene rings is 1. The normalized spacial score (nSPS) is 10.4. The van der Waals surface area contributed by atoms with Crippen LogP contribution in [0.3, 0.4) is 0 Å². The van der Waals surface area contributed by atoms with E-state index in [0.717, 1.165) is 9.90 Å². The number of nitro benzene ring substituents is 1. The van der Waals surface area contributed by atoms with Crippen LogP contribution in [0.4, 0.5) is 5.69 Å². The highest BCUT2D eigenvalue weighted by Crippen LogP contribution is 2.28. The highest BCUT2D eigenvalue weighted by molar-refractivity contribution is 8.00. The van der Waals surface area contributed by atoms with Crippen molar-refractivity contribution in [1.29, 1.82) is 0 Å². The van der Waals surface area contributed by atoms with Gasteiger partial charge in [0.25, 0.3) is 5.69 Å². The maximum absolute atomic E-state index is 11.2. The molecule has 0 saturated carbocycles. The third-order valence-electron chi connectivity index (χ3n) is 1.92. The molecule has 0 bridgehead atoms. The van der Waals surface area contributed by atoms with Crippen molar-refractivity contribution < 1.29 is 10.0 Å². The molecule has 0 fully saturated rings. The molecule has 1 aromatic carbocycles. The van der Waals surface area contributed by atoms with E-state index in [2.05, 4.69) is 10.2 Å². The molecule has 0 spiro atoms. The summed E-state index contributed by atoms with van der Waals surface area (Å²) in [7, 11) is 0. The molecule has 1 heterocycles. The molecule has 0 N–H and O–H groups in total. The minimum atomic E-state index is -0.665. The lowest BCUT2D eigenvalue weighted by Crippen LogP contribution is -1.98. The number of aromatic nitrogens is 2. The second-order valence-electron chi connectivity index (χ2n) is 3.05. The van der Waals surface area contributed by atoms with Gasteiger partial charge in [-0.2, -0.15) is 0 Å². The molecular formula is C9H6N3O3S2-. The molecule has 6 nitrogen and oxygen atoms in total. The fourth-order valence-corrected chi connectivity index (χ4v) is 2.60. The first kappa shape index (κ1) is 11.8. The first-order chi connectivity index (χ1) is 8.16. The van der Waals surface area contributed by atoms with E-state index in [0.29, 0.717) is 5.75 Å². The van der Waals surface area contributed by atoms with Crippen molar-refractivity contribution in [2.45, 2.75) is 10.1 Å². The van der Waals surface area contributed by atoms with Crippen LogP contribution < -0.4 is 5.11 Å². The van der Waals surface area contributed by atoms with Gasteiger partial charge in [-0.15, -0.1) is 10.2 Å². The number of thioether (sulfide) groups is 1. The molecule has 0 amide bonds. The molecule has 0 aliphatic carbocycles. The Morgan fingerprint density at radius 1 is 1.47 bits per heavy atom. The average molecular weight is 268 g/mol. The van der Waals surface area contributed by atoms with Crippen molar-refractivity contribution >= 4 is 28.8 Å². The van der Waals surface area contributed by atoms with Gasteiger partial charge in [-0.3, -0.25) is 10.1 Å². The molecular weight excluding hydrogens is 262 g/mol.